The van der Waals surface area contributed by atoms with E-state index in [1.807, 2.05) is 13.8 Å². The van der Waals surface area contributed by atoms with Gasteiger partial charge in [-0.25, -0.2) is 0 Å². The largest absolute Gasteiger partial charge is 0.353 e. The smallest absolute Gasteiger partial charge is 0.237 e. The third-order valence-electron chi connectivity index (χ3n) is 3.18. The Balaban J connectivity index is 3.80. The van der Waals surface area contributed by atoms with E-state index < -0.39 is 0 Å². The van der Waals surface area contributed by atoms with E-state index in [0.29, 0.717) is 6.54 Å². The fourth-order valence-electron chi connectivity index (χ4n) is 1.51. The summed E-state index contributed by atoms with van der Waals surface area (Å²) >= 11 is 0. The zero-order valence-electron chi connectivity index (χ0n) is 11.1. The number of nitrogens with one attached hydrogen (secondary N) is 1. The normalized spacial score (nSPS) is 14.9. The second-order valence-electron chi connectivity index (χ2n) is 4.23. The minimum Gasteiger partial charge on any atom is -0.353 e. The van der Waals surface area contributed by atoms with Crippen LogP contribution >= 0.6 is 0 Å². The van der Waals surface area contributed by atoms with Gasteiger partial charge in [0.25, 0.3) is 0 Å². The first-order chi connectivity index (χ1) is 7.56. The summed E-state index contributed by atoms with van der Waals surface area (Å²) in [5.41, 5.74) is 5.83. The molecule has 0 bridgehead atoms. The van der Waals surface area contributed by atoms with Crippen molar-refractivity contribution < 1.29 is 4.79 Å². The molecule has 0 saturated carbocycles. The van der Waals surface area contributed by atoms with E-state index in [1.165, 1.54) is 0 Å². The number of hydrogen-bond donors (Lipinski definition) is 2. The van der Waals surface area contributed by atoms with Crippen LogP contribution in [0.5, 0.6) is 0 Å². The molecule has 2 atom stereocenters. The van der Waals surface area contributed by atoms with E-state index in [4.69, 9.17) is 5.73 Å². The Labute approximate surface area is 99.6 Å². The second-order valence-corrected chi connectivity index (χ2v) is 4.23. The highest BCUT2D eigenvalue weighted by Gasteiger charge is 2.18. The highest BCUT2D eigenvalue weighted by atomic mass is 16.2. The van der Waals surface area contributed by atoms with Gasteiger partial charge in [0.15, 0.2) is 0 Å². The lowest BCUT2D eigenvalue weighted by atomic mass is 9.99. The Morgan fingerprint density at radius 1 is 1.31 bits per heavy atom. The fourth-order valence-corrected chi connectivity index (χ4v) is 1.51. The Hall–Kier alpha value is -0.610. The lowest BCUT2D eigenvalue weighted by Gasteiger charge is -2.21. The molecule has 16 heavy (non-hydrogen) atoms. The maximum Gasteiger partial charge on any atom is 0.237 e. The van der Waals surface area contributed by atoms with Crippen molar-refractivity contribution in [2.24, 2.45) is 11.7 Å². The van der Waals surface area contributed by atoms with E-state index in [0.717, 1.165) is 26.1 Å². The van der Waals surface area contributed by atoms with Crippen LogP contribution in [-0.2, 0) is 4.79 Å². The summed E-state index contributed by atoms with van der Waals surface area (Å²) in [6.45, 7) is 11.9. The quantitative estimate of drug-likeness (QED) is 0.648. The molecule has 0 unspecified atom stereocenters. The van der Waals surface area contributed by atoms with Gasteiger partial charge in [0.1, 0.15) is 0 Å². The number of nitrogens with two attached hydrogens (primary N) is 1. The van der Waals surface area contributed by atoms with Crippen molar-refractivity contribution in [1.29, 1.82) is 0 Å². The molecule has 96 valence electrons. The number of nitrogens with zero attached hydrogens (tertiary/aromatic N) is 1. The monoisotopic (exact) mass is 229 g/mol. The van der Waals surface area contributed by atoms with Crippen LogP contribution in [0, 0.1) is 5.92 Å². The van der Waals surface area contributed by atoms with Gasteiger partial charge >= 0.3 is 0 Å². The maximum atomic E-state index is 11.6. The van der Waals surface area contributed by atoms with Crippen LogP contribution in [0.1, 0.15) is 34.1 Å². The summed E-state index contributed by atoms with van der Waals surface area (Å²) < 4.78 is 0. The molecule has 0 aromatic carbocycles. The van der Waals surface area contributed by atoms with Gasteiger partial charge in [-0.15, -0.1) is 0 Å². The molecule has 0 aromatic rings. The van der Waals surface area contributed by atoms with Gasteiger partial charge in [-0.2, -0.15) is 0 Å². The molecule has 0 heterocycles. The third kappa shape index (κ3) is 5.47. The maximum absolute atomic E-state index is 11.6. The molecule has 0 radical (unpaired) electrons. The molecule has 0 aliphatic heterocycles. The minimum atomic E-state index is -0.373. The summed E-state index contributed by atoms with van der Waals surface area (Å²) in [6.07, 6.45) is 0.935. The molecule has 0 aliphatic carbocycles. The SMILES string of the molecule is CC[C@H](C)[C@H](N)C(=O)NCCN(CC)CC. The van der Waals surface area contributed by atoms with Gasteiger partial charge in [0.2, 0.25) is 5.91 Å². The van der Waals surface area contributed by atoms with E-state index >= 15 is 0 Å². The number of carbonyl (C=O) groups is 1. The van der Waals surface area contributed by atoms with Crippen molar-refractivity contribution in [3.05, 3.63) is 0 Å². The average Bonchev–Trinajstić information content (AvgIpc) is 2.32. The lowest BCUT2D eigenvalue weighted by Crippen LogP contribution is -2.46. The van der Waals surface area contributed by atoms with Crippen LogP contribution in [-0.4, -0.2) is 43.0 Å². The highest BCUT2D eigenvalue weighted by Crippen LogP contribution is 2.04. The van der Waals surface area contributed by atoms with E-state index in [1.54, 1.807) is 0 Å². The van der Waals surface area contributed by atoms with Gasteiger partial charge < -0.3 is 16.0 Å². The molecule has 0 rings (SSSR count). The Kier molecular flexibility index (Phi) is 8.21. The summed E-state index contributed by atoms with van der Waals surface area (Å²) in [4.78, 5) is 13.9. The zero-order chi connectivity index (χ0) is 12.6. The molecule has 3 N–H and O–H groups in total. The predicted molar refractivity (Wildman–Crippen MR) is 68.2 cm³/mol. The molecule has 4 heteroatoms. The first-order valence-corrected chi connectivity index (χ1v) is 6.32. The summed E-state index contributed by atoms with van der Waals surface area (Å²) in [5, 5.41) is 2.89. The molecule has 0 fully saturated rings. The number of rotatable bonds is 8. The third-order valence-corrected chi connectivity index (χ3v) is 3.18. The standard InChI is InChI=1S/C12H27N3O/c1-5-10(4)11(13)12(16)14-8-9-15(6-2)7-3/h10-11H,5-9,13H2,1-4H3,(H,14,16)/t10-,11-/m0/s1. The van der Waals surface area contributed by atoms with Crippen molar-refractivity contribution in [3.8, 4) is 0 Å². The molecule has 1 amide bonds. The average molecular weight is 229 g/mol. The Bertz CT molecular complexity index is 193. The van der Waals surface area contributed by atoms with Crippen LogP contribution in [0.15, 0.2) is 0 Å². The first-order valence-electron chi connectivity index (χ1n) is 6.32. The van der Waals surface area contributed by atoms with Gasteiger partial charge in [-0.05, 0) is 19.0 Å². The number of likely N-dealkylation sites (N-methyl/N-ethyl adjacent to an activating group) is 1. The molecule has 4 nitrogen and oxygen atoms in total. The number of carbonyl (C=O) groups excluding carboxylic acids is 1. The van der Waals surface area contributed by atoms with Gasteiger partial charge in [0, 0.05) is 13.1 Å². The Morgan fingerprint density at radius 2 is 1.88 bits per heavy atom. The van der Waals surface area contributed by atoms with Crippen LogP contribution in [0.3, 0.4) is 0 Å². The van der Waals surface area contributed by atoms with Gasteiger partial charge in [-0.3, -0.25) is 4.79 Å². The summed E-state index contributed by atoms with van der Waals surface area (Å²) in [7, 11) is 0. The van der Waals surface area contributed by atoms with Crippen molar-refractivity contribution in [1.82, 2.24) is 10.2 Å². The minimum absolute atomic E-state index is 0.0264. The van der Waals surface area contributed by atoms with Crippen LogP contribution in [0.25, 0.3) is 0 Å². The van der Waals surface area contributed by atoms with E-state index in [9.17, 15) is 4.79 Å². The summed E-state index contributed by atoms with van der Waals surface area (Å²) in [5.74, 6) is 0.218. The van der Waals surface area contributed by atoms with Crippen molar-refractivity contribution in [2.45, 2.75) is 40.2 Å². The molecular formula is C12H27N3O. The molecule has 0 saturated heterocycles. The molecular weight excluding hydrogens is 202 g/mol. The van der Waals surface area contributed by atoms with Crippen LogP contribution in [0.4, 0.5) is 0 Å². The predicted octanol–water partition coefficient (Wildman–Crippen LogP) is 0.818. The first kappa shape index (κ1) is 15.4. The molecule has 0 aliphatic rings. The Morgan fingerprint density at radius 3 is 2.31 bits per heavy atom. The second kappa shape index (κ2) is 8.53. The van der Waals surface area contributed by atoms with Crippen molar-refractivity contribution in [2.75, 3.05) is 26.2 Å². The van der Waals surface area contributed by atoms with E-state index in [-0.39, 0.29) is 17.9 Å². The van der Waals surface area contributed by atoms with Crippen molar-refractivity contribution in [3.63, 3.8) is 0 Å². The fraction of sp³-hybridized carbons (Fsp3) is 0.917. The number of amides is 1. The van der Waals surface area contributed by atoms with Crippen LogP contribution < -0.4 is 11.1 Å². The summed E-state index contributed by atoms with van der Waals surface area (Å²) in [6, 6.07) is -0.373. The lowest BCUT2D eigenvalue weighted by molar-refractivity contribution is -0.123. The van der Waals surface area contributed by atoms with E-state index in [2.05, 4.69) is 24.1 Å². The van der Waals surface area contributed by atoms with Crippen LogP contribution in [0.2, 0.25) is 0 Å². The topological polar surface area (TPSA) is 58.4 Å². The molecule has 0 spiro atoms. The zero-order valence-corrected chi connectivity index (χ0v) is 11.1. The van der Waals surface area contributed by atoms with Gasteiger partial charge in [0.05, 0.1) is 6.04 Å². The van der Waals surface area contributed by atoms with Crippen molar-refractivity contribution >= 4 is 5.91 Å². The van der Waals surface area contributed by atoms with Gasteiger partial charge in [-0.1, -0.05) is 34.1 Å². The molecule has 0 aromatic heterocycles. The highest BCUT2D eigenvalue weighted by molar-refractivity contribution is 5.81. The number of hydrogen-bond acceptors (Lipinski definition) is 3.